The van der Waals surface area contributed by atoms with E-state index >= 15 is 0 Å². The van der Waals surface area contributed by atoms with Crippen molar-refractivity contribution in [2.45, 2.75) is 26.2 Å². The number of aryl methyl sites for hydroxylation is 1. The Kier molecular flexibility index (Phi) is 3.28. The number of hydrogen-bond acceptors (Lipinski definition) is 2. The average Bonchev–Trinajstić information content (AvgIpc) is 2.90. The van der Waals surface area contributed by atoms with Crippen LogP contribution in [0.5, 0.6) is 0 Å². The van der Waals surface area contributed by atoms with Gasteiger partial charge in [0.05, 0.1) is 18.8 Å². The maximum Gasteiger partial charge on any atom is 0.135 e. The minimum atomic E-state index is -1.32. The van der Waals surface area contributed by atoms with Crippen molar-refractivity contribution in [3.05, 3.63) is 69.8 Å². The highest BCUT2D eigenvalue weighted by atomic mass is 19.1. The first-order valence-electron chi connectivity index (χ1n) is 6.40. The first-order chi connectivity index (χ1) is 9.58. The lowest BCUT2D eigenvalue weighted by Gasteiger charge is -2.15. The maximum absolute atomic E-state index is 14.0. The van der Waals surface area contributed by atoms with Crippen LogP contribution in [0.1, 0.15) is 33.9 Å². The third-order valence-corrected chi connectivity index (χ3v) is 3.65. The molecular formula is C16H14F2O2. The van der Waals surface area contributed by atoms with E-state index in [2.05, 4.69) is 0 Å². The summed E-state index contributed by atoms with van der Waals surface area (Å²) in [4.78, 5) is 0. The van der Waals surface area contributed by atoms with Crippen molar-refractivity contribution < 1.29 is 18.6 Å². The number of aliphatic hydroxyl groups excluding tert-OH is 1. The molecule has 2 nitrogen and oxygen atoms in total. The molecular weight excluding hydrogens is 262 g/mol. The van der Waals surface area contributed by atoms with Crippen LogP contribution in [0.15, 0.2) is 30.3 Å². The number of ether oxygens (including phenoxy) is 1. The number of benzene rings is 2. The van der Waals surface area contributed by atoms with E-state index in [0.717, 1.165) is 11.1 Å². The summed E-state index contributed by atoms with van der Waals surface area (Å²) >= 11 is 0. The van der Waals surface area contributed by atoms with Crippen molar-refractivity contribution in [2.75, 3.05) is 0 Å². The standard InChI is InChI=1S/C16H14F2O2/c1-9-2-5-13(17)14(15(9)18)16(19)10-3-4-11-7-20-8-12(11)6-10/h2-6,16,19H,7-8H2,1H3. The van der Waals surface area contributed by atoms with Crippen molar-refractivity contribution in [1.29, 1.82) is 0 Å². The summed E-state index contributed by atoms with van der Waals surface area (Å²) in [6, 6.07) is 7.78. The van der Waals surface area contributed by atoms with Crippen LogP contribution in [0.4, 0.5) is 8.78 Å². The van der Waals surface area contributed by atoms with Gasteiger partial charge in [-0.2, -0.15) is 0 Å². The van der Waals surface area contributed by atoms with Gasteiger partial charge in [-0.15, -0.1) is 0 Å². The van der Waals surface area contributed by atoms with Crippen LogP contribution in [0.25, 0.3) is 0 Å². The van der Waals surface area contributed by atoms with Gasteiger partial charge in [-0.1, -0.05) is 24.3 Å². The van der Waals surface area contributed by atoms with Gasteiger partial charge < -0.3 is 9.84 Å². The Morgan fingerprint density at radius 1 is 1.10 bits per heavy atom. The molecule has 1 atom stereocenters. The molecule has 104 valence electrons. The van der Waals surface area contributed by atoms with E-state index in [1.807, 2.05) is 6.07 Å². The zero-order valence-corrected chi connectivity index (χ0v) is 11.0. The fourth-order valence-corrected chi connectivity index (χ4v) is 2.46. The van der Waals surface area contributed by atoms with Crippen molar-refractivity contribution in [1.82, 2.24) is 0 Å². The van der Waals surface area contributed by atoms with Gasteiger partial charge in [0.2, 0.25) is 0 Å². The first-order valence-corrected chi connectivity index (χ1v) is 6.40. The van der Waals surface area contributed by atoms with Crippen molar-refractivity contribution in [3.8, 4) is 0 Å². The molecule has 0 aliphatic carbocycles. The number of halogens is 2. The van der Waals surface area contributed by atoms with Gasteiger partial charge in [0.15, 0.2) is 0 Å². The minimum absolute atomic E-state index is 0.302. The summed E-state index contributed by atoms with van der Waals surface area (Å²) in [5.41, 5.74) is 2.48. The van der Waals surface area contributed by atoms with Gasteiger partial charge in [-0.3, -0.25) is 0 Å². The second kappa shape index (κ2) is 4.96. The van der Waals surface area contributed by atoms with E-state index in [4.69, 9.17) is 4.74 Å². The zero-order chi connectivity index (χ0) is 14.3. The molecule has 1 heterocycles. The average molecular weight is 276 g/mol. The van der Waals surface area contributed by atoms with Crippen LogP contribution in [0.3, 0.4) is 0 Å². The molecule has 0 amide bonds. The lowest BCUT2D eigenvalue weighted by molar-refractivity contribution is 0.134. The molecule has 2 aromatic rings. The molecule has 0 spiro atoms. The quantitative estimate of drug-likeness (QED) is 0.911. The monoisotopic (exact) mass is 276 g/mol. The van der Waals surface area contributed by atoms with E-state index in [1.165, 1.54) is 12.1 Å². The third-order valence-electron chi connectivity index (χ3n) is 3.65. The molecule has 1 aliphatic heterocycles. The molecule has 20 heavy (non-hydrogen) atoms. The molecule has 2 aromatic carbocycles. The summed E-state index contributed by atoms with van der Waals surface area (Å²) in [7, 11) is 0. The molecule has 3 rings (SSSR count). The van der Waals surface area contributed by atoms with Gasteiger partial charge >= 0.3 is 0 Å². The van der Waals surface area contributed by atoms with Gasteiger partial charge in [0, 0.05) is 0 Å². The SMILES string of the molecule is Cc1ccc(F)c(C(O)c2ccc3c(c2)COC3)c1F. The van der Waals surface area contributed by atoms with Gasteiger partial charge in [0.1, 0.15) is 17.7 Å². The Morgan fingerprint density at radius 2 is 1.85 bits per heavy atom. The van der Waals surface area contributed by atoms with Gasteiger partial charge in [-0.25, -0.2) is 8.78 Å². The van der Waals surface area contributed by atoms with Gasteiger partial charge in [-0.05, 0) is 35.2 Å². The van der Waals surface area contributed by atoms with Crippen LogP contribution in [0, 0.1) is 18.6 Å². The van der Waals surface area contributed by atoms with Crippen LogP contribution < -0.4 is 0 Å². The summed E-state index contributed by atoms with van der Waals surface area (Å²) < 4.78 is 33.2. The van der Waals surface area contributed by atoms with Crippen molar-refractivity contribution in [3.63, 3.8) is 0 Å². The molecule has 0 aromatic heterocycles. The molecule has 1 aliphatic rings. The summed E-state index contributed by atoms with van der Waals surface area (Å²) in [5.74, 6) is -1.44. The lowest BCUT2D eigenvalue weighted by Crippen LogP contribution is -2.07. The van der Waals surface area contributed by atoms with E-state index in [9.17, 15) is 13.9 Å². The summed E-state index contributed by atoms with van der Waals surface area (Å²) in [6.45, 7) is 2.55. The number of aliphatic hydroxyl groups is 1. The largest absolute Gasteiger partial charge is 0.383 e. The maximum atomic E-state index is 14.0. The normalized spacial score (nSPS) is 15.2. The summed E-state index contributed by atoms with van der Waals surface area (Å²) in [5, 5.41) is 10.3. The molecule has 4 heteroatoms. The smallest absolute Gasteiger partial charge is 0.135 e. The number of fused-ring (bicyclic) bond motifs is 1. The van der Waals surface area contributed by atoms with Crippen LogP contribution >= 0.6 is 0 Å². The molecule has 0 bridgehead atoms. The highest BCUT2D eigenvalue weighted by Gasteiger charge is 2.22. The fourth-order valence-electron chi connectivity index (χ4n) is 2.46. The first kappa shape index (κ1) is 13.2. The predicted octanol–water partition coefficient (Wildman–Crippen LogP) is 3.39. The van der Waals surface area contributed by atoms with E-state index in [-0.39, 0.29) is 5.56 Å². The Hall–Kier alpha value is -1.78. The van der Waals surface area contributed by atoms with E-state index < -0.39 is 17.7 Å². The van der Waals surface area contributed by atoms with E-state index in [0.29, 0.717) is 24.3 Å². The third kappa shape index (κ3) is 2.11. The zero-order valence-electron chi connectivity index (χ0n) is 11.0. The molecule has 0 saturated carbocycles. The molecule has 1 unspecified atom stereocenters. The topological polar surface area (TPSA) is 29.5 Å². The minimum Gasteiger partial charge on any atom is -0.383 e. The highest BCUT2D eigenvalue weighted by Crippen LogP contribution is 2.31. The van der Waals surface area contributed by atoms with E-state index in [1.54, 1.807) is 19.1 Å². The van der Waals surface area contributed by atoms with Crippen LogP contribution in [-0.4, -0.2) is 5.11 Å². The molecule has 0 saturated heterocycles. The van der Waals surface area contributed by atoms with Crippen LogP contribution in [0.2, 0.25) is 0 Å². The van der Waals surface area contributed by atoms with Crippen molar-refractivity contribution in [2.24, 2.45) is 0 Å². The second-order valence-corrected chi connectivity index (χ2v) is 5.02. The predicted molar refractivity (Wildman–Crippen MR) is 70.1 cm³/mol. The molecule has 1 N–H and O–H groups in total. The highest BCUT2D eigenvalue weighted by molar-refractivity contribution is 5.39. The Balaban J connectivity index is 2.05. The Labute approximate surface area is 115 Å². The lowest BCUT2D eigenvalue weighted by atomic mass is 9.96. The van der Waals surface area contributed by atoms with Crippen molar-refractivity contribution >= 4 is 0 Å². The Bertz CT molecular complexity index is 668. The number of hydrogen-bond donors (Lipinski definition) is 1. The molecule has 0 fully saturated rings. The molecule has 0 radical (unpaired) electrons. The second-order valence-electron chi connectivity index (χ2n) is 5.02. The van der Waals surface area contributed by atoms with Gasteiger partial charge in [0.25, 0.3) is 0 Å². The van der Waals surface area contributed by atoms with Crippen LogP contribution in [-0.2, 0) is 18.0 Å². The summed E-state index contributed by atoms with van der Waals surface area (Å²) in [6.07, 6.45) is -1.32. The Morgan fingerprint density at radius 3 is 2.65 bits per heavy atom. The number of rotatable bonds is 2. The fraction of sp³-hybridized carbons (Fsp3) is 0.250.